The van der Waals surface area contributed by atoms with E-state index in [9.17, 15) is 29.0 Å². The van der Waals surface area contributed by atoms with Gasteiger partial charge in [-0.25, -0.2) is 0 Å². The Morgan fingerprint density at radius 3 is 1.49 bits per heavy atom. The van der Waals surface area contributed by atoms with E-state index in [2.05, 4.69) is 51.9 Å². The van der Waals surface area contributed by atoms with Crippen molar-refractivity contribution in [2.75, 3.05) is 43.7 Å². The van der Waals surface area contributed by atoms with Crippen molar-refractivity contribution < 1.29 is 58.7 Å². The fourth-order valence-corrected chi connectivity index (χ4v) is 14.0. The first-order chi connectivity index (χ1) is 39.5. The molecule has 470 valence electrons. The molecule has 2 radical (unpaired) electrons. The molecule has 0 aromatic carbocycles. The second-order valence-corrected chi connectivity index (χ2v) is 26.1. The Morgan fingerprint density at radius 2 is 1.08 bits per heavy atom. The normalized spacial score (nSPS) is 30.5. The number of amides is 4. The molecule has 3 saturated carbocycles. The Labute approximate surface area is 536 Å². The molecule has 6 N–H and O–H groups in total. The van der Waals surface area contributed by atoms with Crippen molar-refractivity contribution in [1.82, 2.24) is 39.9 Å². The number of likely N-dealkylation sites (tertiary alicyclic amines) is 4. The van der Waals surface area contributed by atoms with Gasteiger partial charge < -0.3 is 55.6 Å². The molecule has 0 aromatic rings. The summed E-state index contributed by atoms with van der Waals surface area (Å²) in [6.07, 6.45) is 23.6. The zero-order valence-corrected chi connectivity index (χ0v) is 54.4. The molecule has 3 aliphatic carbocycles. The van der Waals surface area contributed by atoms with Crippen LogP contribution < -0.4 is 38.0 Å². The van der Waals surface area contributed by atoms with Crippen LogP contribution in [0.4, 0.5) is 4.79 Å². The molecular formula is C56H90B3Cl3IN14O8-. The summed E-state index contributed by atoms with van der Waals surface area (Å²) >= 11 is -0.387. The van der Waals surface area contributed by atoms with Gasteiger partial charge in [-0.05, 0) is 141 Å². The van der Waals surface area contributed by atoms with Crippen molar-refractivity contribution in [2.24, 2.45) is 23.5 Å². The van der Waals surface area contributed by atoms with Gasteiger partial charge in [-0.2, -0.15) is 26.3 Å². The third-order valence-corrected chi connectivity index (χ3v) is 19.9. The number of carbonyl (C=O) groups is 5. The molecule has 85 heavy (non-hydrogen) atoms. The van der Waals surface area contributed by atoms with Crippen LogP contribution in [0.2, 0.25) is 13.6 Å². The fraction of sp³-hybridized carbons (Fsp3) is 0.821. The zero-order chi connectivity index (χ0) is 59.5. The van der Waals surface area contributed by atoms with Crippen LogP contribution in [-0.4, -0.2) is 201 Å². The third-order valence-electron chi connectivity index (χ3n) is 18.6. The molecule has 29 heteroatoms. The molecule has 11 rings (SSSR count). The Bertz CT molecular complexity index is 2360. The van der Waals surface area contributed by atoms with Crippen molar-refractivity contribution in [2.45, 2.75) is 228 Å². The first kappa shape index (κ1) is 75.6. The van der Waals surface area contributed by atoms with Gasteiger partial charge in [-0.1, -0.05) is 44.9 Å². The summed E-state index contributed by atoms with van der Waals surface area (Å²) in [6, 6.07) is 10.2. The molecule has 11 fully saturated rings. The first-order valence-corrected chi connectivity index (χ1v) is 32.8. The average Bonchev–Trinajstić information content (AvgIpc) is 2.77. The molecular weight excluding hydrogens is 1260 g/mol. The predicted molar refractivity (Wildman–Crippen MR) is 325 cm³/mol. The van der Waals surface area contributed by atoms with Crippen molar-refractivity contribution in [3.8, 4) is 30.3 Å². The molecule has 4 amide bonds. The Morgan fingerprint density at radius 1 is 0.600 bits per heavy atom. The van der Waals surface area contributed by atoms with Gasteiger partial charge in [-0.15, -0.1) is 37.2 Å². The summed E-state index contributed by atoms with van der Waals surface area (Å²) in [5.74, 6) is 1.25. The van der Waals surface area contributed by atoms with E-state index >= 15 is 0 Å². The summed E-state index contributed by atoms with van der Waals surface area (Å²) in [5, 5.41) is 69.5. The van der Waals surface area contributed by atoms with Crippen molar-refractivity contribution in [1.29, 1.82) is 26.3 Å². The first-order valence-electron chi connectivity index (χ1n) is 30.4. The van der Waals surface area contributed by atoms with Gasteiger partial charge in [0.2, 0.25) is 23.6 Å². The molecule has 0 spiro atoms. The van der Waals surface area contributed by atoms with E-state index < -0.39 is 20.0 Å². The molecule has 8 saturated heterocycles. The molecule has 4 unspecified atom stereocenters. The number of rotatable bonds is 9. The molecule has 8 aliphatic heterocycles. The number of hydrogen-bond donors (Lipinski definition) is 5. The SMILES string of the molecule is CB(O)N1C2CCCCC2C[C@H]1C(=O)N1CC[C@H]1C#N.CB(O)N1CC[C@H]1C#N.Cl.Cl.Cl.N#C[C@@H]1CCN1C(=O)[C@@H](N)C1CCCCC1.N#C[C@@H]1CCN1C(=O)[C@@H]1CC2CCCCC2N1.N#C[C@@H]1CCN1C(=O)[C@@H]1CCCN1.[B]C(=O)O[I-]CC. The van der Waals surface area contributed by atoms with Gasteiger partial charge in [-0.3, -0.25) is 19.2 Å². The van der Waals surface area contributed by atoms with Crippen LogP contribution in [0.5, 0.6) is 0 Å². The third kappa shape index (κ3) is 20.2. The van der Waals surface area contributed by atoms with Gasteiger partial charge >= 0.3 is 68.6 Å². The molecule has 11 aliphatic rings. The number of halogens is 4. The average molecular weight is 1350 g/mol. The van der Waals surface area contributed by atoms with Crippen LogP contribution in [0.1, 0.15) is 148 Å². The summed E-state index contributed by atoms with van der Waals surface area (Å²) in [7, 11) is 3.61. The van der Waals surface area contributed by atoms with E-state index in [1.165, 1.54) is 64.2 Å². The number of alkyl halides is 1. The summed E-state index contributed by atoms with van der Waals surface area (Å²) in [4.78, 5) is 69.0. The molecule has 13 atom stereocenters. The maximum atomic E-state index is 12.7. The number of carbonyl (C=O) groups excluding carboxylic acids is 5. The predicted octanol–water partition coefficient (Wildman–Crippen LogP) is 1.04. The van der Waals surface area contributed by atoms with Crippen molar-refractivity contribution >= 4 is 88.7 Å². The van der Waals surface area contributed by atoms with Crippen LogP contribution in [0, 0.1) is 74.4 Å². The molecule has 0 aromatic heterocycles. The van der Waals surface area contributed by atoms with Crippen LogP contribution in [0.15, 0.2) is 0 Å². The minimum atomic E-state index is -0.644. The summed E-state index contributed by atoms with van der Waals surface area (Å²) in [5.41, 5.74) is 6.02. The van der Waals surface area contributed by atoms with Crippen LogP contribution in [0.25, 0.3) is 0 Å². The number of nitrogens with one attached hydrogen (secondary N) is 2. The van der Waals surface area contributed by atoms with Gasteiger partial charge in [0, 0.05) is 38.3 Å². The fourth-order valence-electron chi connectivity index (χ4n) is 13.4. The Hall–Kier alpha value is -3.69. The standard InChI is InChI=1S/C14H22BN3O2.C13H19N3O.C12H19N3O.C9H13N3O.C5H9BN2O.C3H5BIO2.3ClH/c1-15(20)18-12-5-3-2-4-10(12)8-13(18)14(19)17-7-6-11(17)9-16;14-8-10-5-6-16(10)13(17)12-7-9-3-1-2-4-11(9)15-12;13-8-10-6-7-15(10)12(16)11(14)9-4-2-1-3-5-9;10-6-7-3-5-12(7)9(13)8-2-1-4-11-8;1-6(9)8-3-2-5(8)4-7;1-2-5-7-3(4)6;;;/h10-13,20H,2-8H2,1H3;9-12,15H,1-7H2;9-11H,1-7,14H2;7-8,11H,1-5H2;5,9H,2-3H2,1H3;2H2,1H3;3*1H/q;;;;;-1;;;/t10?,11-,12?,13-;9?,10-,11?,12-;10-,11-;7-,8-;5-;;;;/m00000..../s1. The topological polar surface area (TPSA) is 324 Å². The van der Waals surface area contributed by atoms with Crippen molar-refractivity contribution in [3.63, 3.8) is 0 Å². The zero-order valence-electron chi connectivity index (χ0n) is 49.8. The second-order valence-electron chi connectivity index (χ2n) is 23.6. The number of fused-ring (bicyclic) bond motifs is 2. The summed E-state index contributed by atoms with van der Waals surface area (Å²) in [6.45, 7) is 10.1. The van der Waals surface area contributed by atoms with Crippen LogP contribution in [-0.2, 0) is 22.2 Å². The van der Waals surface area contributed by atoms with Gasteiger partial charge in [0.25, 0.3) is 0 Å². The van der Waals surface area contributed by atoms with E-state index in [1.54, 1.807) is 38.1 Å². The monoisotopic (exact) mass is 1350 g/mol. The number of nitriles is 5. The number of hydrogen-bond acceptors (Lipinski definition) is 18. The number of nitrogens with two attached hydrogens (primary N) is 1. The molecule has 22 nitrogen and oxygen atoms in total. The number of nitrogens with zero attached hydrogens (tertiary/aromatic N) is 11. The van der Waals surface area contributed by atoms with Gasteiger partial charge in [0.1, 0.15) is 24.2 Å². The van der Waals surface area contributed by atoms with E-state index in [0.717, 1.165) is 108 Å². The van der Waals surface area contributed by atoms with Gasteiger partial charge in [0.05, 0.1) is 60.6 Å². The molecule has 8 heterocycles. The van der Waals surface area contributed by atoms with E-state index in [0.29, 0.717) is 42.9 Å². The second kappa shape index (κ2) is 38.0. The van der Waals surface area contributed by atoms with Crippen LogP contribution in [0.3, 0.4) is 0 Å². The van der Waals surface area contributed by atoms with Crippen molar-refractivity contribution in [3.05, 3.63) is 0 Å². The van der Waals surface area contributed by atoms with E-state index in [4.69, 9.17) is 37.1 Å². The van der Waals surface area contributed by atoms with Gasteiger partial charge in [0.15, 0.2) is 0 Å². The molecule has 0 bridgehead atoms. The quantitative estimate of drug-likeness (QED) is 0.122. The Kier molecular flexibility index (Phi) is 33.8. The maximum absolute atomic E-state index is 12.7. The van der Waals surface area contributed by atoms with E-state index in [1.807, 2.05) is 11.7 Å². The van der Waals surface area contributed by atoms with E-state index in [-0.39, 0.29) is 137 Å². The Balaban J connectivity index is 0.000000273. The minimum absolute atomic E-state index is 0. The van der Waals surface area contributed by atoms with Crippen LogP contribution >= 0.6 is 37.2 Å². The summed E-state index contributed by atoms with van der Waals surface area (Å²) < 4.78 is 5.37.